The van der Waals surface area contributed by atoms with E-state index < -0.39 is 0 Å². The smallest absolute Gasteiger partial charge is 0.325 e. The average Bonchev–Trinajstić information content (AvgIpc) is 3.18. The summed E-state index contributed by atoms with van der Waals surface area (Å²) in [5.74, 6) is 0.366. The second-order valence-electron chi connectivity index (χ2n) is 8.10. The van der Waals surface area contributed by atoms with Crippen LogP contribution in [0.15, 0.2) is 35.6 Å². The number of rotatable bonds is 6. The first-order valence-electron chi connectivity index (χ1n) is 10.1. The number of hydrazone groups is 1. The summed E-state index contributed by atoms with van der Waals surface area (Å²) < 4.78 is 6.91. The molecule has 6 nitrogen and oxygen atoms in total. The second kappa shape index (κ2) is 7.41. The molecule has 1 amide bonds. The van der Waals surface area contributed by atoms with Gasteiger partial charge in [0.25, 0.3) is 0 Å². The molecule has 1 N–H and O–H groups in total. The van der Waals surface area contributed by atoms with Crippen LogP contribution < -0.4 is 5.43 Å². The summed E-state index contributed by atoms with van der Waals surface area (Å²) in [6, 6.07) is 7.82. The fraction of sp³-hybridized carbons (Fsp3) is 0.500. The Morgan fingerprint density at radius 3 is 2.93 bits per heavy atom. The minimum absolute atomic E-state index is 0.0286. The number of benzene rings is 1. The van der Waals surface area contributed by atoms with Crippen molar-refractivity contribution >= 4 is 29.0 Å². The van der Waals surface area contributed by atoms with Crippen molar-refractivity contribution in [3.8, 4) is 0 Å². The number of hydrogen-bond donors (Lipinski definition) is 1. The molecule has 4 rings (SSSR count). The number of ether oxygens (including phenoxy) is 1. The van der Waals surface area contributed by atoms with E-state index in [1.807, 2.05) is 35.0 Å². The fourth-order valence-electron chi connectivity index (χ4n) is 4.94. The highest BCUT2D eigenvalue weighted by Gasteiger charge is 2.64. The van der Waals surface area contributed by atoms with Gasteiger partial charge >= 0.3 is 5.97 Å². The van der Waals surface area contributed by atoms with Crippen molar-refractivity contribution in [2.45, 2.75) is 46.1 Å². The predicted molar refractivity (Wildman–Crippen MR) is 108 cm³/mol. The molecule has 28 heavy (non-hydrogen) atoms. The van der Waals surface area contributed by atoms with Gasteiger partial charge in [0.05, 0.1) is 12.8 Å². The van der Waals surface area contributed by atoms with Crippen molar-refractivity contribution in [3.05, 3.63) is 36.0 Å². The minimum Gasteiger partial charge on any atom is -0.465 e. The maximum atomic E-state index is 12.6. The van der Waals surface area contributed by atoms with Gasteiger partial charge in [0, 0.05) is 28.6 Å². The maximum Gasteiger partial charge on any atom is 0.325 e. The highest BCUT2D eigenvalue weighted by Crippen LogP contribution is 2.66. The number of hydrogen-bond acceptors (Lipinski definition) is 4. The minimum atomic E-state index is -0.273. The molecule has 148 valence electrons. The molecule has 1 heterocycles. The molecule has 2 aromatic rings. The van der Waals surface area contributed by atoms with Gasteiger partial charge in [-0.15, -0.1) is 0 Å². The summed E-state index contributed by atoms with van der Waals surface area (Å²) in [5.41, 5.74) is 4.71. The van der Waals surface area contributed by atoms with Crippen LogP contribution in [0.4, 0.5) is 0 Å². The van der Waals surface area contributed by atoms with Crippen LogP contribution in [-0.2, 0) is 20.9 Å². The van der Waals surface area contributed by atoms with Crippen LogP contribution in [0.25, 0.3) is 10.9 Å². The second-order valence-corrected chi connectivity index (χ2v) is 8.10. The van der Waals surface area contributed by atoms with Crippen LogP contribution in [0, 0.1) is 17.3 Å². The van der Waals surface area contributed by atoms with E-state index in [2.05, 4.69) is 17.5 Å². The molecule has 0 bridgehead atoms. The first-order valence-corrected chi connectivity index (χ1v) is 10.1. The third-order valence-corrected chi connectivity index (χ3v) is 6.42. The lowest BCUT2D eigenvalue weighted by atomic mass is 9.90. The number of fused-ring (bicyclic) bond motifs is 2. The Bertz CT molecular complexity index is 932. The third-order valence-electron chi connectivity index (χ3n) is 6.42. The van der Waals surface area contributed by atoms with E-state index in [1.165, 1.54) is 12.8 Å². The summed E-state index contributed by atoms with van der Waals surface area (Å²) >= 11 is 0. The number of nitrogens with zero attached hydrogens (tertiary/aromatic N) is 2. The van der Waals surface area contributed by atoms with E-state index in [0.717, 1.165) is 29.3 Å². The molecule has 1 aromatic carbocycles. The molecule has 2 saturated carbocycles. The van der Waals surface area contributed by atoms with Crippen molar-refractivity contribution in [3.63, 3.8) is 0 Å². The van der Waals surface area contributed by atoms with Gasteiger partial charge in [-0.1, -0.05) is 38.0 Å². The molecule has 0 radical (unpaired) electrons. The number of aromatic nitrogens is 1. The Kier molecular flexibility index (Phi) is 4.96. The topological polar surface area (TPSA) is 72.7 Å². The lowest BCUT2D eigenvalue weighted by molar-refractivity contribution is -0.143. The van der Waals surface area contributed by atoms with Crippen LogP contribution in [0.3, 0.4) is 0 Å². The molecule has 2 aliphatic carbocycles. The molecule has 3 atom stereocenters. The standard InChI is InChI=1S/C22H27N3O3/c1-3-28-19(26)14-25-13-15(16-8-4-5-10-18(16)25)12-23-24-21(27)20-17-9-6-7-11-22(17,20)2/h4-5,8,10,12-13,17,20H,3,6-7,9,11,14H2,1-2H3,(H,24,27)/b23-12-/t17-,20+,22+/m1/s1. The van der Waals surface area contributed by atoms with Crippen molar-refractivity contribution in [2.75, 3.05) is 6.61 Å². The summed E-state index contributed by atoms with van der Waals surface area (Å²) in [6.45, 7) is 4.53. The van der Waals surface area contributed by atoms with Crippen LogP contribution in [-0.4, -0.2) is 29.3 Å². The van der Waals surface area contributed by atoms with Crippen molar-refractivity contribution in [2.24, 2.45) is 22.4 Å². The highest BCUT2D eigenvalue weighted by atomic mass is 16.5. The zero-order chi connectivity index (χ0) is 19.7. The molecule has 1 aromatic heterocycles. The van der Waals surface area contributed by atoms with Gasteiger partial charge < -0.3 is 9.30 Å². The SMILES string of the molecule is CCOC(=O)Cn1cc(/C=N\NC(=O)[C@@H]2[C@H]3CCCC[C@@]32C)c2ccccc21. The Morgan fingerprint density at radius 2 is 2.18 bits per heavy atom. The van der Waals surface area contributed by atoms with Gasteiger partial charge in [0.2, 0.25) is 5.91 Å². The van der Waals surface area contributed by atoms with E-state index >= 15 is 0 Å². The summed E-state index contributed by atoms with van der Waals surface area (Å²) in [7, 11) is 0. The Hall–Kier alpha value is -2.63. The lowest BCUT2D eigenvalue weighted by Gasteiger charge is -2.15. The molecule has 0 saturated heterocycles. The van der Waals surface area contributed by atoms with Gasteiger partial charge in [0.1, 0.15) is 6.54 Å². The molecule has 0 unspecified atom stereocenters. The molecule has 0 spiro atoms. The molecule has 2 aliphatic rings. The molecule has 0 aliphatic heterocycles. The zero-order valence-electron chi connectivity index (χ0n) is 16.5. The van der Waals surface area contributed by atoms with Crippen LogP contribution in [0.5, 0.6) is 0 Å². The predicted octanol–water partition coefficient (Wildman–Crippen LogP) is 3.48. The monoisotopic (exact) mass is 381 g/mol. The Labute approximate surface area is 164 Å². The molecular formula is C22H27N3O3. The lowest BCUT2D eigenvalue weighted by Crippen LogP contribution is -2.22. The number of esters is 1. The number of carbonyl (C=O) groups excluding carboxylic acids is 2. The van der Waals surface area contributed by atoms with E-state index in [-0.39, 0.29) is 29.8 Å². The van der Waals surface area contributed by atoms with Gasteiger partial charge in [-0.2, -0.15) is 5.10 Å². The van der Waals surface area contributed by atoms with Crippen molar-refractivity contribution < 1.29 is 14.3 Å². The third kappa shape index (κ3) is 3.32. The molecule has 6 heteroatoms. The fourth-order valence-corrected chi connectivity index (χ4v) is 4.94. The largest absolute Gasteiger partial charge is 0.465 e. The summed E-state index contributed by atoms with van der Waals surface area (Å²) in [5, 5.41) is 5.20. The number of carbonyl (C=O) groups is 2. The first-order chi connectivity index (χ1) is 13.5. The van der Waals surface area contributed by atoms with Gasteiger partial charge in [-0.05, 0) is 37.2 Å². The Morgan fingerprint density at radius 1 is 1.36 bits per heavy atom. The maximum absolute atomic E-state index is 12.6. The summed E-state index contributed by atoms with van der Waals surface area (Å²) in [6.07, 6.45) is 8.28. The van der Waals surface area contributed by atoms with Crippen LogP contribution in [0.1, 0.15) is 45.1 Å². The zero-order valence-corrected chi connectivity index (χ0v) is 16.5. The number of amides is 1. The van der Waals surface area contributed by atoms with Crippen molar-refractivity contribution in [1.29, 1.82) is 0 Å². The number of para-hydroxylation sites is 1. The van der Waals surface area contributed by atoms with E-state index in [9.17, 15) is 9.59 Å². The quantitative estimate of drug-likeness (QED) is 0.473. The van der Waals surface area contributed by atoms with E-state index in [1.54, 1.807) is 13.1 Å². The summed E-state index contributed by atoms with van der Waals surface area (Å²) in [4.78, 5) is 24.4. The van der Waals surface area contributed by atoms with Crippen LogP contribution in [0.2, 0.25) is 0 Å². The highest BCUT2D eigenvalue weighted by molar-refractivity contribution is 6.00. The Balaban J connectivity index is 1.47. The van der Waals surface area contributed by atoms with E-state index in [4.69, 9.17) is 4.74 Å². The molecule has 2 fully saturated rings. The molecular weight excluding hydrogens is 354 g/mol. The average molecular weight is 381 g/mol. The normalized spacial score (nSPS) is 26.2. The van der Waals surface area contributed by atoms with Crippen LogP contribution >= 0.6 is 0 Å². The van der Waals surface area contributed by atoms with Gasteiger partial charge in [-0.3, -0.25) is 9.59 Å². The van der Waals surface area contributed by atoms with Gasteiger partial charge in [-0.25, -0.2) is 5.43 Å². The van der Waals surface area contributed by atoms with Crippen molar-refractivity contribution in [1.82, 2.24) is 9.99 Å². The first kappa shape index (κ1) is 18.7. The van der Waals surface area contributed by atoms with Gasteiger partial charge in [0.15, 0.2) is 0 Å². The van der Waals surface area contributed by atoms with E-state index in [0.29, 0.717) is 12.5 Å². The number of nitrogens with one attached hydrogen (secondary N) is 1.